The minimum Gasteiger partial charge on any atom is -0.497 e. The molecule has 1 aromatic heterocycles. The third-order valence-corrected chi connectivity index (χ3v) is 4.46. The number of carboxylic acids is 1. The summed E-state index contributed by atoms with van der Waals surface area (Å²) >= 11 is 1.13. The number of nitrogens with one attached hydrogen (secondary N) is 1. The standard InChI is InChI=1S/C18H21N3O6S/c1-26-8-7-21(17(25)12-3-5-14(27-2)6-4-12)10-15(22)20-18-19-13(11-28-18)9-16(23)24/h3-6,11H,7-10H2,1-2H3,(H,23,24)(H,19,20,22). The number of rotatable bonds is 10. The van der Waals surface area contributed by atoms with Crippen molar-refractivity contribution in [1.29, 1.82) is 0 Å². The number of aromatic nitrogens is 1. The molecule has 150 valence electrons. The molecule has 9 nitrogen and oxygen atoms in total. The number of carbonyl (C=O) groups excluding carboxylic acids is 2. The van der Waals surface area contributed by atoms with E-state index in [9.17, 15) is 14.4 Å². The van der Waals surface area contributed by atoms with E-state index >= 15 is 0 Å². The van der Waals surface area contributed by atoms with Gasteiger partial charge in [0.25, 0.3) is 5.91 Å². The number of nitrogens with zero attached hydrogens (tertiary/aromatic N) is 2. The van der Waals surface area contributed by atoms with Crippen LogP contribution in [0, 0.1) is 0 Å². The Morgan fingerprint density at radius 2 is 1.93 bits per heavy atom. The quantitative estimate of drug-likeness (QED) is 0.613. The summed E-state index contributed by atoms with van der Waals surface area (Å²) in [6.45, 7) is 0.314. The van der Waals surface area contributed by atoms with Crippen molar-refractivity contribution in [3.8, 4) is 5.75 Å². The van der Waals surface area contributed by atoms with Crippen molar-refractivity contribution in [3.05, 3.63) is 40.9 Å². The number of aliphatic carboxylic acids is 1. The van der Waals surface area contributed by atoms with Gasteiger partial charge in [-0.25, -0.2) is 4.98 Å². The third kappa shape index (κ3) is 6.32. The van der Waals surface area contributed by atoms with Gasteiger partial charge in [0.05, 0.1) is 25.8 Å². The number of amides is 2. The average Bonchev–Trinajstić information content (AvgIpc) is 3.10. The molecule has 0 aliphatic carbocycles. The fourth-order valence-corrected chi connectivity index (χ4v) is 3.03. The van der Waals surface area contributed by atoms with Crippen LogP contribution in [-0.4, -0.2) is 66.7 Å². The molecule has 10 heteroatoms. The highest BCUT2D eigenvalue weighted by molar-refractivity contribution is 7.13. The maximum atomic E-state index is 12.7. The van der Waals surface area contributed by atoms with E-state index in [1.807, 2.05) is 0 Å². The fourth-order valence-electron chi connectivity index (χ4n) is 2.30. The summed E-state index contributed by atoms with van der Waals surface area (Å²) in [5, 5.41) is 13.2. The zero-order valence-corrected chi connectivity index (χ0v) is 16.3. The molecule has 2 aromatic rings. The third-order valence-electron chi connectivity index (χ3n) is 3.65. The lowest BCUT2D eigenvalue weighted by atomic mass is 10.2. The van der Waals surface area contributed by atoms with Gasteiger partial charge in [0.2, 0.25) is 5.91 Å². The Labute approximate surface area is 165 Å². The molecule has 0 unspecified atom stereocenters. The van der Waals surface area contributed by atoms with Crippen molar-refractivity contribution in [3.63, 3.8) is 0 Å². The van der Waals surface area contributed by atoms with Crippen LogP contribution >= 0.6 is 11.3 Å². The van der Waals surface area contributed by atoms with Crippen molar-refractivity contribution in [2.75, 3.05) is 39.2 Å². The van der Waals surface area contributed by atoms with Crippen LogP contribution in [-0.2, 0) is 20.7 Å². The summed E-state index contributed by atoms with van der Waals surface area (Å²) in [4.78, 5) is 41.2. The summed E-state index contributed by atoms with van der Waals surface area (Å²) in [6, 6.07) is 6.58. The van der Waals surface area contributed by atoms with Gasteiger partial charge in [0.1, 0.15) is 12.3 Å². The number of ether oxygens (including phenoxy) is 2. The van der Waals surface area contributed by atoms with Gasteiger partial charge in [-0.05, 0) is 24.3 Å². The zero-order valence-electron chi connectivity index (χ0n) is 15.5. The summed E-state index contributed by atoms with van der Waals surface area (Å²) < 4.78 is 10.1. The van der Waals surface area contributed by atoms with Crippen molar-refractivity contribution >= 4 is 34.3 Å². The lowest BCUT2D eigenvalue weighted by molar-refractivity contribution is -0.136. The predicted octanol–water partition coefficient (Wildman–Crippen LogP) is 1.51. The molecule has 0 aliphatic rings. The number of benzene rings is 1. The zero-order chi connectivity index (χ0) is 20.5. The van der Waals surface area contributed by atoms with E-state index in [1.54, 1.807) is 29.6 Å². The molecular weight excluding hydrogens is 386 g/mol. The lowest BCUT2D eigenvalue weighted by Crippen LogP contribution is -2.40. The fraction of sp³-hybridized carbons (Fsp3) is 0.333. The van der Waals surface area contributed by atoms with Crippen molar-refractivity contribution < 1.29 is 29.0 Å². The van der Waals surface area contributed by atoms with Gasteiger partial charge in [-0.15, -0.1) is 11.3 Å². The second-order valence-corrected chi connectivity index (χ2v) is 6.57. The minimum absolute atomic E-state index is 0.192. The number of hydrogen-bond acceptors (Lipinski definition) is 7. The minimum atomic E-state index is -1.00. The largest absolute Gasteiger partial charge is 0.497 e. The second kappa shape index (κ2) is 10.4. The second-order valence-electron chi connectivity index (χ2n) is 5.71. The lowest BCUT2D eigenvalue weighted by Gasteiger charge is -2.21. The van der Waals surface area contributed by atoms with Gasteiger partial charge in [-0.1, -0.05) is 0 Å². The molecule has 0 aliphatic heterocycles. The van der Waals surface area contributed by atoms with E-state index in [4.69, 9.17) is 14.6 Å². The van der Waals surface area contributed by atoms with Crippen LogP contribution in [0.5, 0.6) is 5.75 Å². The maximum absolute atomic E-state index is 12.7. The molecule has 0 spiro atoms. The van der Waals surface area contributed by atoms with Crippen LogP contribution in [0.1, 0.15) is 16.1 Å². The van der Waals surface area contributed by atoms with Gasteiger partial charge in [-0.2, -0.15) is 0 Å². The Hall–Kier alpha value is -2.98. The van der Waals surface area contributed by atoms with Crippen LogP contribution in [0.3, 0.4) is 0 Å². The molecule has 2 rings (SSSR count). The molecule has 1 aromatic carbocycles. The Bertz CT molecular complexity index is 821. The highest BCUT2D eigenvalue weighted by Crippen LogP contribution is 2.16. The Morgan fingerprint density at radius 1 is 1.21 bits per heavy atom. The molecule has 2 amide bonds. The number of thiazole rings is 1. The van der Waals surface area contributed by atoms with Gasteiger partial charge in [0.15, 0.2) is 5.13 Å². The first-order valence-corrected chi connectivity index (χ1v) is 9.19. The molecule has 0 saturated heterocycles. The SMILES string of the molecule is COCCN(CC(=O)Nc1nc(CC(=O)O)cs1)C(=O)c1ccc(OC)cc1. The topological polar surface area (TPSA) is 118 Å². The monoisotopic (exact) mass is 407 g/mol. The summed E-state index contributed by atoms with van der Waals surface area (Å²) in [7, 11) is 3.04. The van der Waals surface area contributed by atoms with Crippen molar-refractivity contribution in [2.45, 2.75) is 6.42 Å². The number of anilines is 1. The average molecular weight is 407 g/mol. The molecule has 0 bridgehead atoms. The molecule has 0 radical (unpaired) electrons. The van der Waals surface area contributed by atoms with Gasteiger partial charge in [0, 0.05) is 24.6 Å². The first-order valence-electron chi connectivity index (χ1n) is 8.31. The Balaban J connectivity index is 2.03. The van der Waals surface area contributed by atoms with E-state index in [-0.39, 0.29) is 37.2 Å². The Morgan fingerprint density at radius 3 is 2.54 bits per heavy atom. The van der Waals surface area contributed by atoms with Crippen LogP contribution in [0.15, 0.2) is 29.6 Å². The number of carbonyl (C=O) groups is 3. The van der Waals surface area contributed by atoms with E-state index in [2.05, 4.69) is 10.3 Å². The molecule has 2 N–H and O–H groups in total. The molecule has 1 heterocycles. The highest BCUT2D eigenvalue weighted by atomic mass is 32.1. The van der Waals surface area contributed by atoms with Crippen LogP contribution in [0.4, 0.5) is 5.13 Å². The van der Waals surface area contributed by atoms with E-state index in [0.717, 1.165) is 11.3 Å². The van der Waals surface area contributed by atoms with E-state index in [1.165, 1.54) is 19.1 Å². The van der Waals surface area contributed by atoms with E-state index < -0.39 is 11.9 Å². The summed E-state index contributed by atoms with van der Waals surface area (Å²) in [5.74, 6) is -1.13. The number of hydrogen-bond donors (Lipinski definition) is 2. The summed E-state index contributed by atoms with van der Waals surface area (Å²) in [6.07, 6.45) is -0.220. The van der Waals surface area contributed by atoms with Gasteiger partial charge < -0.3 is 24.8 Å². The van der Waals surface area contributed by atoms with Crippen LogP contribution < -0.4 is 10.1 Å². The van der Waals surface area contributed by atoms with Gasteiger partial charge in [-0.3, -0.25) is 14.4 Å². The maximum Gasteiger partial charge on any atom is 0.309 e. The smallest absolute Gasteiger partial charge is 0.309 e. The van der Waals surface area contributed by atoms with Crippen LogP contribution in [0.25, 0.3) is 0 Å². The predicted molar refractivity (Wildman–Crippen MR) is 103 cm³/mol. The molecular formula is C18H21N3O6S. The van der Waals surface area contributed by atoms with Crippen LogP contribution in [0.2, 0.25) is 0 Å². The first kappa shape index (κ1) is 21.3. The molecule has 0 atom stereocenters. The van der Waals surface area contributed by atoms with Gasteiger partial charge >= 0.3 is 5.97 Å². The molecule has 28 heavy (non-hydrogen) atoms. The molecule has 0 fully saturated rings. The van der Waals surface area contributed by atoms with Crippen molar-refractivity contribution in [2.24, 2.45) is 0 Å². The summed E-state index contributed by atoms with van der Waals surface area (Å²) in [5.41, 5.74) is 0.779. The first-order chi connectivity index (χ1) is 13.4. The van der Waals surface area contributed by atoms with E-state index in [0.29, 0.717) is 17.0 Å². The molecule has 0 saturated carbocycles. The number of methoxy groups -OCH3 is 2. The Kier molecular flexibility index (Phi) is 7.90. The highest BCUT2D eigenvalue weighted by Gasteiger charge is 2.19. The van der Waals surface area contributed by atoms with Crippen molar-refractivity contribution in [1.82, 2.24) is 9.88 Å². The number of carboxylic acid groups (broad SMARTS) is 1. The normalized spacial score (nSPS) is 10.4.